The molecule has 3 heteroatoms. The second-order valence-corrected chi connectivity index (χ2v) is 2.22. The second kappa shape index (κ2) is 5.41. The fourth-order valence-electron chi connectivity index (χ4n) is 0.716. The summed E-state index contributed by atoms with van der Waals surface area (Å²) in [7, 11) is 0. The third kappa shape index (κ3) is 2.96. The average Bonchev–Trinajstić information content (AvgIpc) is 1.99. The highest BCUT2D eigenvalue weighted by Crippen LogP contribution is 2.07. The number of hydrogen-bond donors (Lipinski definition) is 3. The number of hydrogen-bond acceptors (Lipinski definition) is 3. The smallest absolute Gasteiger partial charge is 0.0823 e. The van der Waals surface area contributed by atoms with Gasteiger partial charge >= 0.3 is 0 Å². The van der Waals surface area contributed by atoms with Gasteiger partial charge in [-0.05, 0) is 6.42 Å². The van der Waals surface area contributed by atoms with Crippen molar-refractivity contribution in [3.05, 3.63) is 12.7 Å². The van der Waals surface area contributed by atoms with E-state index in [0.29, 0.717) is 6.42 Å². The van der Waals surface area contributed by atoms with Gasteiger partial charge in [0.15, 0.2) is 0 Å². The molecule has 10 heavy (non-hydrogen) atoms. The normalized spacial score (nSPS) is 16.3. The molecule has 0 aromatic rings. The van der Waals surface area contributed by atoms with E-state index < -0.39 is 6.10 Å². The standard InChI is InChI=1S/C7H14O3/c1-2-3-6(4-8)7(10)5-9/h2,6-10H,1,3-5H2/t6-,7+/m0/s1. The van der Waals surface area contributed by atoms with Crippen LogP contribution in [0.5, 0.6) is 0 Å². The highest BCUT2D eigenvalue weighted by Gasteiger charge is 2.14. The van der Waals surface area contributed by atoms with Gasteiger partial charge in [0.2, 0.25) is 0 Å². The van der Waals surface area contributed by atoms with Crippen LogP contribution in [0.4, 0.5) is 0 Å². The van der Waals surface area contributed by atoms with Crippen LogP contribution in [0, 0.1) is 5.92 Å². The largest absolute Gasteiger partial charge is 0.396 e. The van der Waals surface area contributed by atoms with Gasteiger partial charge in [0.1, 0.15) is 0 Å². The molecule has 0 aromatic carbocycles. The topological polar surface area (TPSA) is 60.7 Å². The number of aliphatic hydroxyl groups excluding tert-OH is 3. The van der Waals surface area contributed by atoms with E-state index in [1.54, 1.807) is 6.08 Å². The Morgan fingerprint density at radius 2 is 1.90 bits per heavy atom. The Kier molecular flexibility index (Phi) is 5.20. The van der Waals surface area contributed by atoms with E-state index >= 15 is 0 Å². The number of aliphatic hydroxyl groups is 3. The summed E-state index contributed by atoms with van der Waals surface area (Å²) in [4.78, 5) is 0. The van der Waals surface area contributed by atoms with Crippen LogP contribution < -0.4 is 0 Å². The van der Waals surface area contributed by atoms with Gasteiger partial charge in [0.25, 0.3) is 0 Å². The van der Waals surface area contributed by atoms with Crippen molar-refractivity contribution >= 4 is 0 Å². The summed E-state index contributed by atoms with van der Waals surface area (Å²) in [6.07, 6.45) is 1.31. The Morgan fingerprint density at radius 1 is 1.30 bits per heavy atom. The van der Waals surface area contributed by atoms with Crippen molar-refractivity contribution in [2.24, 2.45) is 5.92 Å². The first-order chi connectivity index (χ1) is 4.76. The Bertz CT molecular complexity index is 92.9. The summed E-state index contributed by atoms with van der Waals surface area (Å²) in [5.41, 5.74) is 0. The van der Waals surface area contributed by atoms with Gasteiger partial charge in [0, 0.05) is 12.5 Å². The molecule has 0 saturated heterocycles. The third-order valence-electron chi connectivity index (χ3n) is 1.44. The van der Waals surface area contributed by atoms with Crippen molar-refractivity contribution in [2.45, 2.75) is 12.5 Å². The molecule has 0 spiro atoms. The van der Waals surface area contributed by atoms with E-state index in [4.69, 9.17) is 15.3 Å². The van der Waals surface area contributed by atoms with Crippen molar-refractivity contribution in [3.63, 3.8) is 0 Å². The van der Waals surface area contributed by atoms with E-state index in [1.165, 1.54) is 0 Å². The molecule has 0 aliphatic heterocycles. The molecule has 0 fully saturated rings. The highest BCUT2D eigenvalue weighted by molar-refractivity contribution is 4.77. The molecular weight excluding hydrogens is 132 g/mol. The molecule has 0 radical (unpaired) electrons. The summed E-state index contributed by atoms with van der Waals surface area (Å²) in [6.45, 7) is 3.04. The van der Waals surface area contributed by atoms with Crippen molar-refractivity contribution < 1.29 is 15.3 Å². The zero-order valence-corrected chi connectivity index (χ0v) is 5.90. The molecule has 0 bridgehead atoms. The molecule has 0 aliphatic carbocycles. The molecule has 0 unspecified atom stereocenters. The fraction of sp³-hybridized carbons (Fsp3) is 0.714. The minimum absolute atomic E-state index is 0.117. The van der Waals surface area contributed by atoms with Crippen LogP contribution in [0.1, 0.15) is 6.42 Å². The minimum Gasteiger partial charge on any atom is -0.396 e. The summed E-state index contributed by atoms with van der Waals surface area (Å²) in [6, 6.07) is 0. The lowest BCUT2D eigenvalue weighted by Gasteiger charge is -2.16. The first-order valence-corrected chi connectivity index (χ1v) is 3.27. The van der Waals surface area contributed by atoms with Crippen LogP contribution in [-0.2, 0) is 0 Å². The predicted molar refractivity (Wildman–Crippen MR) is 38.5 cm³/mol. The van der Waals surface area contributed by atoms with E-state index in [2.05, 4.69) is 6.58 Å². The Balaban J connectivity index is 3.67. The van der Waals surface area contributed by atoms with Gasteiger partial charge < -0.3 is 15.3 Å². The maximum Gasteiger partial charge on any atom is 0.0823 e. The molecule has 2 atom stereocenters. The summed E-state index contributed by atoms with van der Waals surface area (Å²) in [5.74, 6) is -0.275. The third-order valence-corrected chi connectivity index (χ3v) is 1.44. The number of allylic oxidation sites excluding steroid dienone is 1. The van der Waals surface area contributed by atoms with Crippen molar-refractivity contribution in [2.75, 3.05) is 13.2 Å². The van der Waals surface area contributed by atoms with Crippen LogP contribution >= 0.6 is 0 Å². The molecule has 60 valence electrons. The van der Waals surface area contributed by atoms with E-state index in [-0.39, 0.29) is 19.1 Å². The van der Waals surface area contributed by atoms with Gasteiger partial charge in [-0.15, -0.1) is 6.58 Å². The molecule has 3 nitrogen and oxygen atoms in total. The first-order valence-electron chi connectivity index (χ1n) is 3.27. The van der Waals surface area contributed by atoms with Gasteiger partial charge in [0.05, 0.1) is 12.7 Å². The molecular formula is C7H14O3. The van der Waals surface area contributed by atoms with Gasteiger partial charge in [-0.2, -0.15) is 0 Å². The fourth-order valence-corrected chi connectivity index (χ4v) is 0.716. The minimum atomic E-state index is -0.831. The highest BCUT2D eigenvalue weighted by atomic mass is 16.3. The molecule has 0 heterocycles. The van der Waals surface area contributed by atoms with Crippen LogP contribution in [-0.4, -0.2) is 34.6 Å². The zero-order valence-electron chi connectivity index (χ0n) is 5.90. The Morgan fingerprint density at radius 3 is 2.20 bits per heavy atom. The number of rotatable bonds is 5. The van der Waals surface area contributed by atoms with E-state index in [9.17, 15) is 0 Å². The summed E-state index contributed by atoms with van der Waals surface area (Å²) >= 11 is 0. The lowest BCUT2D eigenvalue weighted by Crippen LogP contribution is -2.26. The van der Waals surface area contributed by atoms with E-state index in [1.807, 2.05) is 0 Å². The maximum atomic E-state index is 8.99. The first kappa shape index (κ1) is 9.62. The van der Waals surface area contributed by atoms with Gasteiger partial charge in [-0.25, -0.2) is 0 Å². The van der Waals surface area contributed by atoms with Crippen LogP contribution in [0.25, 0.3) is 0 Å². The second-order valence-electron chi connectivity index (χ2n) is 2.22. The van der Waals surface area contributed by atoms with Crippen molar-refractivity contribution in [1.82, 2.24) is 0 Å². The van der Waals surface area contributed by atoms with Crippen LogP contribution in [0.2, 0.25) is 0 Å². The predicted octanol–water partition coefficient (Wildman–Crippen LogP) is -0.476. The molecule has 0 aromatic heterocycles. The lowest BCUT2D eigenvalue weighted by molar-refractivity contribution is 0.0239. The Labute approximate surface area is 60.6 Å². The SMILES string of the molecule is C=CC[C@@H](CO)[C@H](O)CO. The monoisotopic (exact) mass is 146 g/mol. The summed E-state index contributed by atoms with van der Waals surface area (Å²) < 4.78 is 0. The molecule has 0 aliphatic rings. The maximum absolute atomic E-state index is 8.99. The molecule has 0 amide bonds. The average molecular weight is 146 g/mol. The van der Waals surface area contributed by atoms with Crippen molar-refractivity contribution in [1.29, 1.82) is 0 Å². The molecule has 0 saturated carbocycles. The molecule has 3 N–H and O–H groups in total. The van der Waals surface area contributed by atoms with Crippen molar-refractivity contribution in [3.8, 4) is 0 Å². The molecule has 0 rings (SSSR count). The lowest BCUT2D eigenvalue weighted by atomic mass is 10.0. The van der Waals surface area contributed by atoms with Gasteiger partial charge in [-0.3, -0.25) is 0 Å². The zero-order chi connectivity index (χ0) is 7.98. The quantitative estimate of drug-likeness (QED) is 0.459. The van der Waals surface area contributed by atoms with E-state index in [0.717, 1.165) is 0 Å². The van der Waals surface area contributed by atoms with Crippen LogP contribution in [0.3, 0.4) is 0 Å². The van der Waals surface area contributed by atoms with Crippen LogP contribution in [0.15, 0.2) is 12.7 Å². The Hall–Kier alpha value is -0.380. The summed E-state index contributed by atoms with van der Waals surface area (Å²) in [5, 5.41) is 26.1. The van der Waals surface area contributed by atoms with Gasteiger partial charge in [-0.1, -0.05) is 6.08 Å².